The van der Waals surface area contributed by atoms with E-state index in [2.05, 4.69) is 8.37 Å². The predicted molar refractivity (Wildman–Crippen MR) is 85.9 cm³/mol. The molecule has 6 nitrogen and oxygen atoms in total. The molecule has 0 bridgehead atoms. The minimum atomic E-state index is -6.66. The summed E-state index contributed by atoms with van der Waals surface area (Å²) in [4.78, 5) is 0. The normalized spacial score (nSPS) is 15.5. The highest BCUT2D eigenvalue weighted by molar-refractivity contribution is 7.86. The molecule has 0 saturated heterocycles. The molecule has 0 radical (unpaired) electrons. The molecule has 198 valence electrons. The minimum Gasteiger partial charge on any atom is -0.239 e. The molecule has 0 N–H and O–H groups in total. The van der Waals surface area contributed by atoms with E-state index in [0.29, 0.717) is 0 Å². The number of rotatable bonds is 6. The van der Waals surface area contributed by atoms with Gasteiger partial charge in [-0.2, -0.15) is 69.5 Å². The summed E-state index contributed by atoms with van der Waals surface area (Å²) in [6.45, 7) is 0. The molecule has 0 aromatic heterocycles. The molecule has 1 aromatic carbocycles. The van der Waals surface area contributed by atoms with Gasteiger partial charge in [-0.3, -0.25) is 0 Å². The number of hydrogen-bond donors (Lipinski definition) is 0. The Morgan fingerprint density at radius 2 is 0.676 bits per heavy atom. The van der Waals surface area contributed by atoms with Gasteiger partial charge in [-0.25, -0.2) is 8.37 Å². The molecule has 0 unspecified atom stereocenters. The van der Waals surface area contributed by atoms with Crippen LogP contribution in [0.25, 0.3) is 0 Å². The van der Waals surface area contributed by atoms with E-state index in [1.54, 1.807) is 0 Å². The number of halogens is 12. The van der Waals surface area contributed by atoms with Crippen LogP contribution < -0.4 is 0 Å². The van der Waals surface area contributed by atoms with E-state index < -0.39 is 91.5 Å². The average molecular weight is 566 g/mol. The number of alkyl halides is 12. The largest absolute Gasteiger partial charge is 0.432 e. The Kier molecular flexibility index (Phi) is 7.47. The van der Waals surface area contributed by atoms with E-state index in [4.69, 9.17) is 0 Å². The van der Waals surface area contributed by atoms with Crippen LogP contribution in [0.2, 0.25) is 0 Å². The Labute approximate surface area is 182 Å². The summed E-state index contributed by atoms with van der Waals surface area (Å²) in [5.74, 6) is 0. The Balaban J connectivity index is 4.06. The van der Waals surface area contributed by atoms with Crippen molar-refractivity contribution in [1.82, 2.24) is 0 Å². The molecular weight excluding hydrogens is 556 g/mol. The van der Waals surface area contributed by atoms with Crippen LogP contribution in [0, 0.1) is 0 Å². The zero-order valence-electron chi connectivity index (χ0n) is 16.1. The monoisotopic (exact) mass is 566 g/mol. The van der Waals surface area contributed by atoms with Crippen molar-refractivity contribution < 1.29 is 77.9 Å². The van der Waals surface area contributed by atoms with Crippen LogP contribution in [0.15, 0.2) is 24.3 Å². The van der Waals surface area contributed by atoms with Gasteiger partial charge in [0, 0.05) is 11.1 Å². The molecular formula is C14H10F12O6S2. The van der Waals surface area contributed by atoms with Crippen LogP contribution in [0.5, 0.6) is 0 Å². The number of hydrogen-bond acceptors (Lipinski definition) is 6. The second kappa shape index (κ2) is 8.40. The van der Waals surface area contributed by atoms with Crippen molar-refractivity contribution in [1.29, 1.82) is 0 Å². The smallest absolute Gasteiger partial charge is 0.239 e. The third-order valence-corrected chi connectivity index (χ3v) is 4.95. The van der Waals surface area contributed by atoms with Gasteiger partial charge >= 0.3 is 35.9 Å². The van der Waals surface area contributed by atoms with Gasteiger partial charge in [-0.05, 0) is 0 Å². The maximum atomic E-state index is 13.4. The first-order valence-electron chi connectivity index (χ1n) is 7.81. The fraction of sp³-hybridized carbons (Fsp3) is 0.571. The van der Waals surface area contributed by atoms with Crippen molar-refractivity contribution >= 4 is 20.2 Å². The van der Waals surface area contributed by atoms with Crippen molar-refractivity contribution in [2.45, 2.75) is 35.9 Å². The standard InChI is InChI=1S/C14H10F12O6S2/c1-33(27,28)31-9(11(15,16)17,12(18,19)20)7-3-5-8(6-4-7)10(13(21,22)23,14(24,25)26)32-34(2,29)30/h3-6H,1-2H3. The lowest BCUT2D eigenvalue weighted by atomic mass is 9.87. The summed E-state index contributed by atoms with van der Waals surface area (Å²) < 4.78 is 212. The fourth-order valence-corrected chi connectivity index (χ4v) is 4.13. The first-order chi connectivity index (χ1) is 14.6. The zero-order chi connectivity index (χ0) is 27.4. The Hall–Kier alpha value is -1.80. The SMILES string of the molecule is CS(=O)(=O)OC(c1ccc(C(OS(C)(=O)=O)(C(F)(F)F)C(F)(F)F)cc1)(C(F)(F)F)C(F)(F)F. The van der Waals surface area contributed by atoms with Gasteiger partial charge in [0.2, 0.25) is 0 Å². The van der Waals surface area contributed by atoms with E-state index in [1.807, 2.05) is 0 Å². The summed E-state index contributed by atoms with van der Waals surface area (Å²) >= 11 is 0. The Morgan fingerprint density at radius 1 is 0.500 bits per heavy atom. The molecule has 1 rings (SSSR count). The van der Waals surface area contributed by atoms with Crippen LogP contribution in [-0.4, -0.2) is 54.1 Å². The highest BCUT2D eigenvalue weighted by Crippen LogP contribution is 2.56. The van der Waals surface area contributed by atoms with Crippen LogP contribution >= 0.6 is 0 Å². The molecule has 0 aliphatic heterocycles. The maximum Gasteiger partial charge on any atom is 0.432 e. The molecule has 20 heteroatoms. The lowest BCUT2D eigenvalue weighted by Gasteiger charge is -2.38. The third kappa shape index (κ3) is 5.54. The molecule has 0 amide bonds. The van der Waals surface area contributed by atoms with E-state index >= 15 is 0 Å². The molecule has 0 heterocycles. The minimum absolute atomic E-state index is 0.230. The van der Waals surface area contributed by atoms with Crippen molar-refractivity contribution in [3.8, 4) is 0 Å². The predicted octanol–water partition coefficient (Wildman–Crippen LogP) is 4.28. The van der Waals surface area contributed by atoms with Gasteiger partial charge in [0.05, 0.1) is 12.5 Å². The maximum absolute atomic E-state index is 13.4. The summed E-state index contributed by atoms with van der Waals surface area (Å²) in [6.07, 6.45) is -27.1. The van der Waals surface area contributed by atoms with Crippen molar-refractivity contribution in [3.05, 3.63) is 35.4 Å². The van der Waals surface area contributed by atoms with Gasteiger partial charge in [0.15, 0.2) is 0 Å². The van der Waals surface area contributed by atoms with Crippen molar-refractivity contribution in [2.75, 3.05) is 12.5 Å². The highest BCUT2D eigenvalue weighted by Gasteiger charge is 2.77. The van der Waals surface area contributed by atoms with Gasteiger partial charge in [-0.1, -0.05) is 24.3 Å². The van der Waals surface area contributed by atoms with Gasteiger partial charge in [0.1, 0.15) is 0 Å². The van der Waals surface area contributed by atoms with Gasteiger partial charge in [0.25, 0.3) is 20.2 Å². The molecule has 0 saturated carbocycles. The summed E-state index contributed by atoms with van der Waals surface area (Å²) in [6, 6.07) is -2.39. The molecule has 0 spiro atoms. The first-order valence-corrected chi connectivity index (χ1v) is 11.4. The lowest BCUT2D eigenvalue weighted by molar-refractivity contribution is -0.366. The zero-order valence-corrected chi connectivity index (χ0v) is 17.7. The molecule has 0 aliphatic rings. The molecule has 1 aromatic rings. The summed E-state index contributed by atoms with van der Waals surface area (Å²) in [5, 5.41) is 0. The first kappa shape index (κ1) is 30.2. The second-order valence-electron chi connectivity index (χ2n) is 6.51. The van der Waals surface area contributed by atoms with Crippen molar-refractivity contribution in [3.63, 3.8) is 0 Å². The van der Waals surface area contributed by atoms with Crippen LogP contribution in [-0.2, 0) is 39.8 Å². The molecule has 34 heavy (non-hydrogen) atoms. The van der Waals surface area contributed by atoms with E-state index in [0.717, 1.165) is 0 Å². The van der Waals surface area contributed by atoms with Crippen LogP contribution in [0.3, 0.4) is 0 Å². The van der Waals surface area contributed by atoms with Gasteiger partial charge < -0.3 is 0 Å². The average Bonchev–Trinajstić information content (AvgIpc) is 2.51. The van der Waals surface area contributed by atoms with E-state index in [-0.39, 0.29) is 12.5 Å². The second-order valence-corrected chi connectivity index (χ2v) is 9.66. The molecule has 0 aliphatic carbocycles. The number of benzene rings is 1. The third-order valence-electron chi connectivity index (χ3n) is 3.85. The Bertz CT molecular complexity index is 979. The summed E-state index contributed by atoms with van der Waals surface area (Å²) in [5.41, 5.74) is -16.1. The molecule has 0 fully saturated rings. The van der Waals surface area contributed by atoms with Gasteiger partial charge in [-0.15, -0.1) is 0 Å². The van der Waals surface area contributed by atoms with Crippen LogP contribution in [0.1, 0.15) is 11.1 Å². The van der Waals surface area contributed by atoms with E-state index in [1.165, 1.54) is 0 Å². The van der Waals surface area contributed by atoms with E-state index in [9.17, 15) is 69.5 Å². The lowest BCUT2D eigenvalue weighted by Crippen LogP contribution is -2.57. The molecule has 0 atom stereocenters. The fourth-order valence-electron chi connectivity index (χ4n) is 2.66. The highest BCUT2D eigenvalue weighted by atomic mass is 32.2. The van der Waals surface area contributed by atoms with Crippen molar-refractivity contribution in [2.24, 2.45) is 0 Å². The van der Waals surface area contributed by atoms with Crippen LogP contribution in [0.4, 0.5) is 52.7 Å². The topological polar surface area (TPSA) is 86.7 Å². The Morgan fingerprint density at radius 3 is 0.794 bits per heavy atom. The quantitative estimate of drug-likeness (QED) is 0.378. The summed E-state index contributed by atoms with van der Waals surface area (Å²) in [7, 11) is -11.2.